The molecule has 1 saturated heterocycles. The lowest BCUT2D eigenvalue weighted by molar-refractivity contribution is -0.117. The van der Waals surface area contributed by atoms with Crippen LogP contribution in [0.15, 0.2) is 55.1 Å². The van der Waals surface area contributed by atoms with E-state index in [1.165, 1.54) is 0 Å². The largest absolute Gasteiger partial charge is 0.486 e. The number of benzene rings is 2. The third-order valence-electron chi connectivity index (χ3n) is 5.32. The number of nitrogens with zero attached hydrogens (tertiary/aromatic N) is 3. The monoisotopic (exact) mass is 375 g/mol. The molecule has 0 spiro atoms. The second-order valence-electron chi connectivity index (χ2n) is 7.09. The third-order valence-corrected chi connectivity index (χ3v) is 5.32. The SMILES string of the molecule is C=CCn1c(C2CC(=O)N(c3ccc4c(c3)OCCO4)C2)nc2ccccc21. The Morgan fingerprint density at radius 3 is 2.82 bits per heavy atom. The van der Waals surface area contributed by atoms with Crippen LogP contribution in [-0.4, -0.2) is 35.2 Å². The highest BCUT2D eigenvalue weighted by Crippen LogP contribution is 2.38. The van der Waals surface area contributed by atoms with Crippen LogP contribution in [-0.2, 0) is 11.3 Å². The quantitative estimate of drug-likeness (QED) is 0.655. The Morgan fingerprint density at radius 2 is 1.96 bits per heavy atom. The van der Waals surface area contributed by atoms with Crippen LogP contribution in [0.4, 0.5) is 5.69 Å². The molecule has 6 heteroatoms. The van der Waals surface area contributed by atoms with Crippen LogP contribution in [0.1, 0.15) is 18.2 Å². The maximum Gasteiger partial charge on any atom is 0.227 e. The minimum Gasteiger partial charge on any atom is -0.486 e. The van der Waals surface area contributed by atoms with Crippen molar-refractivity contribution < 1.29 is 14.3 Å². The number of imidazole rings is 1. The van der Waals surface area contributed by atoms with Gasteiger partial charge in [0, 0.05) is 37.2 Å². The normalized spacial score (nSPS) is 18.6. The van der Waals surface area contributed by atoms with Gasteiger partial charge in [-0.15, -0.1) is 6.58 Å². The topological polar surface area (TPSA) is 56.6 Å². The number of fused-ring (bicyclic) bond motifs is 2. The van der Waals surface area contributed by atoms with Gasteiger partial charge in [0.2, 0.25) is 5.91 Å². The van der Waals surface area contributed by atoms with Gasteiger partial charge in [0.15, 0.2) is 11.5 Å². The van der Waals surface area contributed by atoms with Gasteiger partial charge in [-0.2, -0.15) is 0 Å². The van der Waals surface area contributed by atoms with Gasteiger partial charge in [0.1, 0.15) is 19.0 Å². The molecule has 0 radical (unpaired) electrons. The number of carbonyl (C=O) groups excluding carboxylic acids is 1. The van der Waals surface area contributed by atoms with Gasteiger partial charge >= 0.3 is 0 Å². The summed E-state index contributed by atoms with van der Waals surface area (Å²) in [5.74, 6) is 2.49. The fourth-order valence-corrected chi connectivity index (χ4v) is 4.06. The number of carbonyl (C=O) groups is 1. The first-order valence-electron chi connectivity index (χ1n) is 9.50. The molecular formula is C22H21N3O3. The standard InChI is InChI=1S/C22H21N3O3/c1-2-9-24-18-6-4-3-5-17(18)23-22(24)15-12-21(26)25(14-15)16-7-8-19-20(13-16)28-11-10-27-19/h2-8,13,15H,1,9-12,14H2. The summed E-state index contributed by atoms with van der Waals surface area (Å²) in [6.07, 6.45) is 2.31. The number of para-hydroxylation sites is 2. The summed E-state index contributed by atoms with van der Waals surface area (Å²) in [6, 6.07) is 13.7. The predicted molar refractivity (Wildman–Crippen MR) is 107 cm³/mol. The zero-order valence-electron chi connectivity index (χ0n) is 15.5. The Hall–Kier alpha value is -3.28. The lowest BCUT2D eigenvalue weighted by Crippen LogP contribution is -2.25. The minimum absolute atomic E-state index is 0.0352. The van der Waals surface area contributed by atoms with Gasteiger partial charge in [0.05, 0.1) is 11.0 Å². The Balaban J connectivity index is 1.48. The zero-order chi connectivity index (χ0) is 19.1. The minimum atomic E-state index is 0.0352. The molecule has 28 heavy (non-hydrogen) atoms. The van der Waals surface area contributed by atoms with Crippen LogP contribution in [0.3, 0.4) is 0 Å². The van der Waals surface area contributed by atoms with E-state index in [2.05, 4.69) is 17.2 Å². The van der Waals surface area contributed by atoms with E-state index < -0.39 is 0 Å². The molecule has 3 heterocycles. The number of allylic oxidation sites excluding steroid dienone is 1. The number of hydrogen-bond acceptors (Lipinski definition) is 4. The van der Waals surface area contributed by atoms with Crippen LogP contribution < -0.4 is 14.4 Å². The molecule has 2 aliphatic heterocycles. The molecule has 1 amide bonds. The van der Waals surface area contributed by atoms with Gasteiger partial charge < -0.3 is 18.9 Å². The van der Waals surface area contributed by atoms with Crippen molar-refractivity contribution in [3.05, 3.63) is 60.9 Å². The van der Waals surface area contributed by atoms with Crippen molar-refractivity contribution in [2.75, 3.05) is 24.7 Å². The number of amides is 1. The molecule has 1 unspecified atom stereocenters. The van der Waals surface area contributed by atoms with E-state index >= 15 is 0 Å². The van der Waals surface area contributed by atoms with Crippen LogP contribution in [0.25, 0.3) is 11.0 Å². The molecule has 1 fully saturated rings. The summed E-state index contributed by atoms with van der Waals surface area (Å²) in [5, 5.41) is 0. The van der Waals surface area contributed by atoms with Gasteiger partial charge in [-0.3, -0.25) is 4.79 Å². The van der Waals surface area contributed by atoms with E-state index in [-0.39, 0.29) is 11.8 Å². The van der Waals surface area contributed by atoms with Crippen LogP contribution in [0.2, 0.25) is 0 Å². The summed E-state index contributed by atoms with van der Waals surface area (Å²) in [7, 11) is 0. The van der Waals surface area contributed by atoms with Crippen molar-refractivity contribution in [2.45, 2.75) is 18.9 Å². The summed E-state index contributed by atoms with van der Waals surface area (Å²) in [6.45, 7) is 6.22. The van der Waals surface area contributed by atoms with E-state index in [1.807, 2.05) is 47.4 Å². The lowest BCUT2D eigenvalue weighted by Gasteiger charge is -2.22. The first kappa shape index (κ1) is 16.9. The molecule has 1 aromatic heterocycles. The molecule has 0 bridgehead atoms. The number of aromatic nitrogens is 2. The van der Waals surface area contributed by atoms with Crippen molar-refractivity contribution in [1.29, 1.82) is 0 Å². The molecule has 5 rings (SSSR count). The number of ether oxygens (including phenoxy) is 2. The van der Waals surface area contributed by atoms with Gasteiger partial charge in [-0.25, -0.2) is 4.98 Å². The predicted octanol–water partition coefficient (Wildman–Crippen LogP) is 3.51. The van der Waals surface area contributed by atoms with Crippen molar-refractivity contribution in [1.82, 2.24) is 9.55 Å². The summed E-state index contributed by atoms with van der Waals surface area (Å²) in [5.41, 5.74) is 2.86. The molecule has 0 aliphatic carbocycles. The van der Waals surface area contributed by atoms with Crippen LogP contribution in [0, 0.1) is 0 Å². The third kappa shape index (κ3) is 2.72. The van der Waals surface area contributed by atoms with Crippen molar-refractivity contribution in [3.8, 4) is 11.5 Å². The second-order valence-corrected chi connectivity index (χ2v) is 7.09. The molecule has 0 saturated carbocycles. The second kappa shape index (κ2) is 6.71. The number of anilines is 1. The molecule has 3 aromatic rings. The number of rotatable bonds is 4. The average Bonchev–Trinajstić information content (AvgIpc) is 3.29. The zero-order valence-corrected chi connectivity index (χ0v) is 15.5. The van der Waals surface area contributed by atoms with E-state index in [0.717, 1.165) is 28.3 Å². The van der Waals surface area contributed by atoms with Gasteiger partial charge in [0.25, 0.3) is 0 Å². The molecule has 1 atom stereocenters. The van der Waals surface area contributed by atoms with Crippen LogP contribution in [0.5, 0.6) is 11.5 Å². The molecule has 2 aromatic carbocycles. The molecule has 2 aliphatic rings. The average molecular weight is 375 g/mol. The smallest absolute Gasteiger partial charge is 0.227 e. The highest BCUT2D eigenvalue weighted by molar-refractivity contribution is 5.96. The van der Waals surface area contributed by atoms with E-state index in [1.54, 1.807) is 0 Å². The van der Waals surface area contributed by atoms with E-state index in [4.69, 9.17) is 14.5 Å². The Labute approximate surface area is 163 Å². The van der Waals surface area contributed by atoms with Gasteiger partial charge in [-0.1, -0.05) is 18.2 Å². The molecular weight excluding hydrogens is 354 g/mol. The highest BCUT2D eigenvalue weighted by atomic mass is 16.6. The first-order chi connectivity index (χ1) is 13.7. The van der Waals surface area contributed by atoms with Crippen molar-refractivity contribution in [2.24, 2.45) is 0 Å². The first-order valence-corrected chi connectivity index (χ1v) is 9.50. The maximum absolute atomic E-state index is 12.8. The Morgan fingerprint density at radius 1 is 1.14 bits per heavy atom. The fourth-order valence-electron chi connectivity index (χ4n) is 4.06. The van der Waals surface area contributed by atoms with Crippen molar-refractivity contribution >= 4 is 22.6 Å². The summed E-state index contributed by atoms with van der Waals surface area (Å²) in [4.78, 5) is 19.5. The maximum atomic E-state index is 12.8. The molecule has 142 valence electrons. The van der Waals surface area contributed by atoms with E-state index in [0.29, 0.717) is 38.5 Å². The van der Waals surface area contributed by atoms with Crippen molar-refractivity contribution in [3.63, 3.8) is 0 Å². The molecule has 0 N–H and O–H groups in total. The van der Waals surface area contributed by atoms with Crippen LogP contribution >= 0.6 is 0 Å². The Bertz CT molecular complexity index is 1070. The van der Waals surface area contributed by atoms with Gasteiger partial charge in [-0.05, 0) is 24.3 Å². The molecule has 6 nitrogen and oxygen atoms in total. The fraction of sp³-hybridized carbons (Fsp3) is 0.273. The summed E-state index contributed by atoms with van der Waals surface area (Å²) < 4.78 is 13.4. The Kier molecular flexibility index (Phi) is 4.04. The summed E-state index contributed by atoms with van der Waals surface area (Å²) >= 11 is 0. The number of hydrogen-bond donors (Lipinski definition) is 0. The highest BCUT2D eigenvalue weighted by Gasteiger charge is 2.35. The van der Waals surface area contributed by atoms with E-state index in [9.17, 15) is 4.79 Å². The lowest BCUT2D eigenvalue weighted by atomic mass is 10.1.